The molecule has 0 aliphatic heterocycles. The maximum atomic E-state index is 9.65. The molecule has 0 unspecified atom stereocenters. The summed E-state index contributed by atoms with van der Waals surface area (Å²) in [6, 6.07) is 72.3. The van der Waals surface area contributed by atoms with E-state index < -0.39 is 0 Å². The summed E-state index contributed by atoms with van der Waals surface area (Å²) in [4.78, 5) is 2.33. The molecule has 0 saturated heterocycles. The van der Waals surface area contributed by atoms with Crippen LogP contribution in [0.25, 0.3) is 86.9 Å². The van der Waals surface area contributed by atoms with Crippen molar-refractivity contribution in [3.8, 4) is 28.3 Å². The Bertz CT molecular complexity index is 3240. The molecular weight excluding hydrogens is 665 g/mol. The zero-order valence-electron chi connectivity index (χ0n) is 29.9. The van der Waals surface area contributed by atoms with Crippen molar-refractivity contribution in [3.05, 3.63) is 200 Å². The lowest BCUT2D eigenvalue weighted by Gasteiger charge is -2.28. The first-order valence-electron chi connectivity index (χ1n) is 18.7. The number of hydrogen-bond acceptors (Lipinski definition) is 2. The van der Waals surface area contributed by atoms with Gasteiger partial charge in [-0.05, 0) is 124 Å². The Kier molecular flexibility index (Phi) is 6.96. The summed E-state index contributed by atoms with van der Waals surface area (Å²) < 4.78 is 0. The van der Waals surface area contributed by atoms with Crippen molar-refractivity contribution in [2.24, 2.45) is 0 Å². The zero-order chi connectivity index (χ0) is 36.5. The van der Waals surface area contributed by atoms with Gasteiger partial charge in [0.15, 0.2) is 0 Å². The van der Waals surface area contributed by atoms with Crippen LogP contribution >= 0.6 is 0 Å². The summed E-state index contributed by atoms with van der Waals surface area (Å²) >= 11 is 0. The molecule has 0 aliphatic carbocycles. The highest BCUT2D eigenvalue weighted by Gasteiger charge is 2.21. The minimum Gasteiger partial charge on any atom is -0.310 e. The lowest BCUT2D eigenvalue weighted by molar-refractivity contribution is 1.30. The Hall–Kier alpha value is -7.47. The molecule has 2 heteroatoms. The molecule has 0 aliphatic rings. The fourth-order valence-electron chi connectivity index (χ4n) is 8.98. The normalized spacial score (nSPS) is 11.6. The molecule has 0 heterocycles. The molecule has 11 aromatic rings. The van der Waals surface area contributed by atoms with Crippen molar-refractivity contribution in [1.82, 2.24) is 0 Å². The van der Waals surface area contributed by atoms with Gasteiger partial charge in [0.05, 0.1) is 17.3 Å². The van der Waals surface area contributed by atoms with Crippen LogP contribution in [0.1, 0.15) is 5.56 Å². The van der Waals surface area contributed by atoms with Crippen LogP contribution < -0.4 is 4.90 Å². The third-order valence-corrected chi connectivity index (χ3v) is 11.4. The highest BCUT2D eigenvalue weighted by molar-refractivity contribution is 6.26. The van der Waals surface area contributed by atoms with E-state index in [1.165, 1.54) is 81.3 Å². The van der Waals surface area contributed by atoms with Crippen LogP contribution in [0.15, 0.2) is 194 Å². The van der Waals surface area contributed by atoms with Gasteiger partial charge >= 0.3 is 0 Å². The number of hydrogen-bond donors (Lipinski definition) is 0. The molecule has 2 nitrogen and oxygen atoms in total. The maximum Gasteiger partial charge on any atom is 0.0991 e. The molecule has 0 atom stereocenters. The lowest BCUT2D eigenvalue weighted by Crippen LogP contribution is -2.10. The smallest absolute Gasteiger partial charge is 0.0991 e. The Balaban J connectivity index is 1.12. The molecule has 0 N–H and O–H groups in total. The second-order valence-electron chi connectivity index (χ2n) is 14.3. The van der Waals surface area contributed by atoms with E-state index in [0.717, 1.165) is 22.6 Å². The van der Waals surface area contributed by atoms with E-state index in [9.17, 15) is 5.26 Å². The van der Waals surface area contributed by atoms with Gasteiger partial charge in [-0.15, -0.1) is 0 Å². The quantitative estimate of drug-likeness (QED) is 0.132. The summed E-state index contributed by atoms with van der Waals surface area (Å²) in [5.74, 6) is 0. The van der Waals surface area contributed by atoms with Gasteiger partial charge < -0.3 is 4.90 Å². The summed E-state index contributed by atoms with van der Waals surface area (Å²) in [6.45, 7) is 0. The van der Waals surface area contributed by atoms with Crippen molar-refractivity contribution >= 4 is 81.7 Å². The average molecular weight is 697 g/mol. The number of anilines is 3. The first-order valence-corrected chi connectivity index (χ1v) is 18.7. The van der Waals surface area contributed by atoms with Crippen LogP contribution in [0, 0.1) is 11.3 Å². The Morgan fingerprint density at radius 3 is 1.49 bits per heavy atom. The molecule has 11 aromatic carbocycles. The molecule has 11 rings (SSSR count). The van der Waals surface area contributed by atoms with Crippen LogP contribution in [0.5, 0.6) is 0 Å². The van der Waals surface area contributed by atoms with E-state index >= 15 is 0 Å². The van der Waals surface area contributed by atoms with Gasteiger partial charge in [-0.1, -0.05) is 152 Å². The predicted molar refractivity (Wildman–Crippen MR) is 233 cm³/mol. The van der Waals surface area contributed by atoms with Gasteiger partial charge in [0.25, 0.3) is 0 Å². The van der Waals surface area contributed by atoms with Crippen LogP contribution in [0.3, 0.4) is 0 Å². The maximum absolute atomic E-state index is 9.65. The Labute approximate surface area is 318 Å². The monoisotopic (exact) mass is 696 g/mol. The van der Waals surface area contributed by atoms with Gasteiger partial charge in [-0.3, -0.25) is 0 Å². The van der Waals surface area contributed by atoms with Gasteiger partial charge in [-0.2, -0.15) is 5.26 Å². The first-order chi connectivity index (χ1) is 27.2. The zero-order valence-corrected chi connectivity index (χ0v) is 29.9. The van der Waals surface area contributed by atoms with Gasteiger partial charge in [0, 0.05) is 16.8 Å². The number of fused-ring (bicyclic) bond motifs is 3. The number of rotatable bonds is 5. The molecule has 0 fully saturated rings. The minimum atomic E-state index is 0.639. The third kappa shape index (κ3) is 4.81. The van der Waals surface area contributed by atoms with E-state index in [-0.39, 0.29) is 0 Å². The predicted octanol–water partition coefficient (Wildman–Crippen LogP) is 14.7. The molecule has 0 amide bonds. The largest absolute Gasteiger partial charge is 0.310 e. The molecule has 0 radical (unpaired) electrons. The summed E-state index contributed by atoms with van der Waals surface area (Å²) in [5, 5.41) is 24.6. The van der Waals surface area contributed by atoms with Crippen molar-refractivity contribution in [3.63, 3.8) is 0 Å². The highest BCUT2D eigenvalue weighted by Crippen LogP contribution is 2.47. The van der Waals surface area contributed by atoms with Gasteiger partial charge in [0.2, 0.25) is 0 Å². The SMILES string of the molecule is N#Cc1ccc(N(c2ccc(-c3c4ccccc4c(-c4cccc5ccccc45)c4ccccc34)cc2)c2ccc3ccc4cccc5ccc2c3c45)cc1. The summed E-state index contributed by atoms with van der Waals surface area (Å²) in [7, 11) is 0. The van der Waals surface area contributed by atoms with Crippen molar-refractivity contribution in [2.45, 2.75) is 0 Å². The minimum absolute atomic E-state index is 0.639. The topological polar surface area (TPSA) is 27.0 Å². The van der Waals surface area contributed by atoms with Gasteiger partial charge in [-0.25, -0.2) is 0 Å². The van der Waals surface area contributed by atoms with Crippen molar-refractivity contribution in [2.75, 3.05) is 4.90 Å². The Morgan fingerprint density at radius 2 is 0.836 bits per heavy atom. The van der Waals surface area contributed by atoms with E-state index in [1.54, 1.807) is 0 Å². The molecule has 254 valence electrons. The highest BCUT2D eigenvalue weighted by atomic mass is 15.1. The number of benzene rings is 11. The molecule has 0 bridgehead atoms. The first kappa shape index (κ1) is 31.1. The second kappa shape index (κ2) is 12.3. The van der Waals surface area contributed by atoms with Crippen molar-refractivity contribution < 1.29 is 0 Å². The standard InChI is InChI=1S/C53H32N2/c54-33-34-19-27-40(28-20-34)55(49-32-26-39-22-21-36-11-7-12-37-25-31-48(49)52(39)50(36)37)41-29-23-38(24-30-41)51-44-14-3-5-16-46(44)53(47-17-6-4-15-45(47)51)43-18-8-10-35-9-1-2-13-42(35)43/h1-32H. The van der Waals surface area contributed by atoms with Crippen LogP contribution in [-0.2, 0) is 0 Å². The van der Waals surface area contributed by atoms with Crippen molar-refractivity contribution in [1.29, 1.82) is 5.26 Å². The third-order valence-electron chi connectivity index (χ3n) is 11.4. The molecule has 0 spiro atoms. The van der Waals surface area contributed by atoms with E-state index in [4.69, 9.17) is 0 Å². The second-order valence-corrected chi connectivity index (χ2v) is 14.3. The van der Waals surface area contributed by atoms with E-state index in [0.29, 0.717) is 5.56 Å². The fourth-order valence-corrected chi connectivity index (χ4v) is 8.98. The molecule has 0 aromatic heterocycles. The number of nitrogens with zero attached hydrogens (tertiary/aromatic N) is 2. The summed E-state index contributed by atoms with van der Waals surface area (Å²) in [5.41, 5.74) is 8.69. The van der Waals surface area contributed by atoms with Crippen LogP contribution in [0.4, 0.5) is 17.1 Å². The fraction of sp³-hybridized carbons (Fsp3) is 0. The Morgan fingerprint density at radius 1 is 0.345 bits per heavy atom. The van der Waals surface area contributed by atoms with E-state index in [2.05, 4.69) is 193 Å². The number of nitriles is 1. The van der Waals surface area contributed by atoms with E-state index in [1.807, 2.05) is 12.1 Å². The lowest BCUT2D eigenvalue weighted by atomic mass is 9.84. The van der Waals surface area contributed by atoms with Gasteiger partial charge in [0.1, 0.15) is 0 Å². The molecular formula is C53H32N2. The average Bonchev–Trinajstić information content (AvgIpc) is 3.25. The van der Waals surface area contributed by atoms with Crippen LogP contribution in [-0.4, -0.2) is 0 Å². The molecule has 0 saturated carbocycles. The summed E-state index contributed by atoms with van der Waals surface area (Å²) in [6.07, 6.45) is 0. The molecule has 55 heavy (non-hydrogen) atoms. The van der Waals surface area contributed by atoms with Crippen LogP contribution in [0.2, 0.25) is 0 Å².